The van der Waals surface area contributed by atoms with Gasteiger partial charge >= 0.3 is 5.00 Å². The van der Waals surface area contributed by atoms with Gasteiger partial charge in [-0.1, -0.05) is 30.6 Å². The summed E-state index contributed by atoms with van der Waals surface area (Å²) >= 11 is 0.828. The summed E-state index contributed by atoms with van der Waals surface area (Å²) in [6, 6.07) is 4.36. The maximum absolute atomic E-state index is 12.0. The molecule has 0 aliphatic heterocycles. The number of nitriles is 1. The second-order valence-corrected chi connectivity index (χ2v) is 5.94. The summed E-state index contributed by atoms with van der Waals surface area (Å²) in [5.41, 5.74) is 0. The summed E-state index contributed by atoms with van der Waals surface area (Å²) in [5.74, 6) is -0.215. The normalized spacial score (nSPS) is 17.1. The van der Waals surface area contributed by atoms with Crippen molar-refractivity contribution in [2.45, 2.75) is 38.1 Å². The first-order valence-electron chi connectivity index (χ1n) is 6.56. The first kappa shape index (κ1) is 14.5. The number of hydrogen-bond donors (Lipinski definition) is 1. The van der Waals surface area contributed by atoms with Crippen molar-refractivity contribution in [2.75, 3.05) is 0 Å². The molecule has 1 atom stereocenters. The maximum Gasteiger partial charge on any atom is 0.324 e. The first-order chi connectivity index (χ1) is 9.61. The highest BCUT2D eigenvalue weighted by Gasteiger charge is 2.26. The number of hydrogen-bond acceptors (Lipinski definition) is 5. The van der Waals surface area contributed by atoms with E-state index >= 15 is 0 Å². The summed E-state index contributed by atoms with van der Waals surface area (Å²) in [6.07, 6.45) is 5.25. The lowest BCUT2D eigenvalue weighted by Crippen LogP contribution is -2.39. The van der Waals surface area contributed by atoms with Crippen LogP contribution in [0.5, 0.6) is 0 Å². The van der Waals surface area contributed by atoms with Crippen LogP contribution in [0.4, 0.5) is 5.00 Å². The van der Waals surface area contributed by atoms with Gasteiger partial charge in [-0.15, -0.1) is 0 Å². The molecule has 1 N–H and O–H groups in total. The zero-order valence-corrected chi connectivity index (χ0v) is 11.7. The van der Waals surface area contributed by atoms with Gasteiger partial charge in [0, 0.05) is 6.07 Å². The quantitative estimate of drug-likeness (QED) is 0.682. The highest BCUT2D eigenvalue weighted by atomic mass is 32.1. The molecule has 1 aliphatic carbocycles. The van der Waals surface area contributed by atoms with Crippen molar-refractivity contribution in [1.29, 1.82) is 5.26 Å². The number of carbonyl (C=O) groups is 1. The Labute approximate surface area is 120 Å². The van der Waals surface area contributed by atoms with Crippen LogP contribution in [0.25, 0.3) is 0 Å². The molecule has 1 saturated carbocycles. The van der Waals surface area contributed by atoms with Crippen molar-refractivity contribution in [3.05, 3.63) is 27.1 Å². The molecule has 1 unspecified atom stereocenters. The van der Waals surface area contributed by atoms with E-state index in [2.05, 4.69) is 11.4 Å². The largest absolute Gasteiger partial charge is 0.335 e. The minimum absolute atomic E-state index is 0.0682. The molecule has 1 amide bonds. The number of thiophene rings is 1. The van der Waals surface area contributed by atoms with E-state index in [0.29, 0.717) is 0 Å². The Balaban J connectivity index is 2.01. The van der Waals surface area contributed by atoms with E-state index < -0.39 is 16.9 Å². The highest BCUT2D eigenvalue weighted by Crippen LogP contribution is 2.27. The van der Waals surface area contributed by atoms with Gasteiger partial charge in [0.25, 0.3) is 5.91 Å². The fourth-order valence-electron chi connectivity index (χ4n) is 2.48. The van der Waals surface area contributed by atoms with Crippen LogP contribution in [0.3, 0.4) is 0 Å². The van der Waals surface area contributed by atoms with Gasteiger partial charge in [-0.25, -0.2) is 0 Å². The molecule has 106 valence electrons. The van der Waals surface area contributed by atoms with Crippen LogP contribution in [0, 0.1) is 27.4 Å². The molecule has 0 saturated heterocycles. The zero-order valence-electron chi connectivity index (χ0n) is 10.9. The third-order valence-corrected chi connectivity index (χ3v) is 4.58. The molecular formula is C13H15N3O3S. The average molecular weight is 293 g/mol. The third kappa shape index (κ3) is 3.33. The molecule has 7 heteroatoms. The summed E-state index contributed by atoms with van der Waals surface area (Å²) in [7, 11) is 0. The van der Waals surface area contributed by atoms with Crippen molar-refractivity contribution in [1.82, 2.24) is 5.32 Å². The maximum atomic E-state index is 12.0. The van der Waals surface area contributed by atoms with Gasteiger partial charge in [0.2, 0.25) is 0 Å². The van der Waals surface area contributed by atoms with E-state index in [-0.39, 0.29) is 15.8 Å². The lowest BCUT2D eigenvalue weighted by Gasteiger charge is -2.26. The van der Waals surface area contributed by atoms with Crippen LogP contribution >= 0.6 is 11.3 Å². The standard InChI is InChI=1S/C13H15N3O3S/c14-8-10(9-4-2-1-3-5-9)15-13(17)11-6-7-12(20-11)16(18)19/h6-7,9-10H,1-5H2,(H,15,17). The molecule has 0 radical (unpaired) electrons. The van der Waals surface area contributed by atoms with E-state index in [1.807, 2.05) is 0 Å². The Morgan fingerprint density at radius 2 is 2.15 bits per heavy atom. The van der Waals surface area contributed by atoms with Crippen molar-refractivity contribution in [3.8, 4) is 6.07 Å². The molecular weight excluding hydrogens is 278 g/mol. The molecule has 2 rings (SSSR count). The van der Waals surface area contributed by atoms with Gasteiger partial charge in [-0.2, -0.15) is 5.26 Å². The van der Waals surface area contributed by atoms with Crippen LogP contribution in [-0.4, -0.2) is 16.9 Å². The lowest BCUT2D eigenvalue weighted by atomic mass is 9.84. The van der Waals surface area contributed by atoms with Crippen LogP contribution < -0.4 is 5.32 Å². The molecule has 0 aromatic carbocycles. The minimum atomic E-state index is -0.523. The molecule has 0 bridgehead atoms. The predicted molar refractivity (Wildman–Crippen MR) is 74.4 cm³/mol. The van der Waals surface area contributed by atoms with Crippen LogP contribution in [-0.2, 0) is 0 Å². The summed E-state index contributed by atoms with van der Waals surface area (Å²) < 4.78 is 0. The van der Waals surface area contributed by atoms with Crippen molar-refractivity contribution < 1.29 is 9.72 Å². The lowest BCUT2D eigenvalue weighted by molar-refractivity contribution is -0.380. The fraction of sp³-hybridized carbons (Fsp3) is 0.538. The van der Waals surface area contributed by atoms with Crippen molar-refractivity contribution in [3.63, 3.8) is 0 Å². The smallest absolute Gasteiger partial charge is 0.324 e. The highest BCUT2D eigenvalue weighted by molar-refractivity contribution is 7.17. The number of rotatable bonds is 4. The second-order valence-electron chi connectivity index (χ2n) is 4.87. The van der Waals surface area contributed by atoms with E-state index in [0.717, 1.165) is 37.0 Å². The SMILES string of the molecule is N#CC(NC(=O)c1ccc([N+](=O)[O-])s1)C1CCCCC1. The average Bonchev–Trinajstić information content (AvgIpc) is 2.95. The Morgan fingerprint density at radius 3 is 2.70 bits per heavy atom. The van der Waals surface area contributed by atoms with Crippen LogP contribution in [0.1, 0.15) is 41.8 Å². The number of nitrogens with one attached hydrogen (secondary N) is 1. The van der Waals surface area contributed by atoms with Gasteiger partial charge in [-0.05, 0) is 24.8 Å². The fourth-order valence-corrected chi connectivity index (χ4v) is 3.21. The number of amides is 1. The molecule has 1 heterocycles. The van der Waals surface area contributed by atoms with E-state index in [1.165, 1.54) is 18.6 Å². The predicted octanol–water partition coefficient (Wildman–Crippen LogP) is 2.86. The molecule has 1 aliphatic rings. The summed E-state index contributed by atoms with van der Waals surface area (Å²) in [5, 5.41) is 22.4. The molecule has 20 heavy (non-hydrogen) atoms. The van der Waals surface area contributed by atoms with E-state index in [1.54, 1.807) is 0 Å². The summed E-state index contributed by atoms with van der Waals surface area (Å²) in [4.78, 5) is 22.4. The monoisotopic (exact) mass is 293 g/mol. The van der Waals surface area contributed by atoms with Gasteiger partial charge in [0.05, 0.1) is 15.9 Å². The van der Waals surface area contributed by atoms with Crippen molar-refractivity contribution >= 4 is 22.2 Å². The molecule has 1 aromatic heterocycles. The van der Waals surface area contributed by atoms with Gasteiger partial charge in [0.1, 0.15) is 6.04 Å². The van der Waals surface area contributed by atoms with Crippen LogP contribution in [0.2, 0.25) is 0 Å². The minimum Gasteiger partial charge on any atom is -0.335 e. The zero-order chi connectivity index (χ0) is 14.5. The number of carbonyl (C=O) groups excluding carboxylic acids is 1. The van der Waals surface area contributed by atoms with E-state index in [4.69, 9.17) is 0 Å². The third-order valence-electron chi connectivity index (χ3n) is 3.54. The van der Waals surface area contributed by atoms with Gasteiger partial charge in [0.15, 0.2) is 0 Å². The molecule has 0 spiro atoms. The van der Waals surface area contributed by atoms with Gasteiger partial charge in [-0.3, -0.25) is 14.9 Å². The molecule has 1 fully saturated rings. The Morgan fingerprint density at radius 1 is 1.45 bits per heavy atom. The molecule has 6 nitrogen and oxygen atoms in total. The van der Waals surface area contributed by atoms with E-state index in [9.17, 15) is 20.2 Å². The first-order valence-corrected chi connectivity index (χ1v) is 7.38. The summed E-state index contributed by atoms with van der Waals surface area (Å²) in [6.45, 7) is 0. The van der Waals surface area contributed by atoms with Crippen molar-refractivity contribution in [2.24, 2.45) is 5.92 Å². The van der Waals surface area contributed by atoms with Crippen LogP contribution in [0.15, 0.2) is 12.1 Å². The Kier molecular flexibility index (Phi) is 4.69. The Hall–Kier alpha value is -1.94. The number of nitro groups is 1. The number of nitrogens with zero attached hydrogens (tertiary/aromatic N) is 2. The van der Waals surface area contributed by atoms with Gasteiger partial charge < -0.3 is 5.32 Å². The Bertz CT molecular complexity index is 543. The topological polar surface area (TPSA) is 96.0 Å². The second kappa shape index (κ2) is 6.48. The molecule has 1 aromatic rings.